The van der Waals surface area contributed by atoms with E-state index in [0.29, 0.717) is 25.9 Å². The highest BCUT2D eigenvalue weighted by atomic mass is 32.1. The summed E-state index contributed by atoms with van der Waals surface area (Å²) in [6, 6.07) is 0. The molecule has 1 fully saturated rings. The molecule has 0 aliphatic carbocycles. The lowest BCUT2D eigenvalue weighted by atomic mass is 10.1. The molecule has 1 atom stereocenters. The number of aryl methyl sites for hydroxylation is 1. The number of nitrogens with zero attached hydrogens (tertiary/aromatic N) is 2. The second-order valence-electron chi connectivity index (χ2n) is 5.03. The SMILES string of the molecule is Cc1csc(=O)n1CCCC(=O)N1CCCC(O)C1. The zero-order valence-electron chi connectivity index (χ0n) is 11.2. The van der Waals surface area contributed by atoms with E-state index in [0.717, 1.165) is 25.1 Å². The minimum absolute atomic E-state index is 0.0401. The van der Waals surface area contributed by atoms with Crippen LogP contribution in [0.4, 0.5) is 0 Å². The first-order valence-corrected chi connectivity index (χ1v) is 7.56. The lowest BCUT2D eigenvalue weighted by Crippen LogP contribution is -2.42. The highest BCUT2D eigenvalue weighted by molar-refractivity contribution is 7.07. The van der Waals surface area contributed by atoms with Crippen molar-refractivity contribution in [2.75, 3.05) is 13.1 Å². The van der Waals surface area contributed by atoms with Crippen LogP contribution in [0.15, 0.2) is 10.2 Å². The van der Waals surface area contributed by atoms with E-state index in [4.69, 9.17) is 0 Å². The minimum atomic E-state index is -0.376. The van der Waals surface area contributed by atoms with Crippen LogP contribution in [0.3, 0.4) is 0 Å². The molecule has 2 rings (SSSR count). The van der Waals surface area contributed by atoms with E-state index in [1.54, 1.807) is 9.47 Å². The van der Waals surface area contributed by atoms with Gasteiger partial charge < -0.3 is 14.6 Å². The maximum Gasteiger partial charge on any atom is 0.307 e. The van der Waals surface area contributed by atoms with Crippen molar-refractivity contribution in [2.24, 2.45) is 0 Å². The van der Waals surface area contributed by atoms with Crippen LogP contribution in [0.5, 0.6) is 0 Å². The van der Waals surface area contributed by atoms with Crippen molar-refractivity contribution in [2.45, 2.75) is 45.3 Å². The molecule has 106 valence electrons. The molecule has 5 nitrogen and oxygen atoms in total. The molecule has 0 spiro atoms. The van der Waals surface area contributed by atoms with Gasteiger partial charge in [-0.1, -0.05) is 11.3 Å². The van der Waals surface area contributed by atoms with Crippen LogP contribution in [-0.2, 0) is 11.3 Å². The second-order valence-corrected chi connectivity index (χ2v) is 5.85. The van der Waals surface area contributed by atoms with Gasteiger partial charge in [0.15, 0.2) is 0 Å². The zero-order valence-corrected chi connectivity index (χ0v) is 12.0. The Bertz CT molecular complexity index is 494. The van der Waals surface area contributed by atoms with Crippen molar-refractivity contribution in [1.82, 2.24) is 9.47 Å². The number of hydrogen-bond acceptors (Lipinski definition) is 4. The minimum Gasteiger partial charge on any atom is -0.391 e. The Labute approximate surface area is 116 Å². The predicted molar refractivity (Wildman–Crippen MR) is 74.4 cm³/mol. The molecule has 2 heterocycles. The summed E-state index contributed by atoms with van der Waals surface area (Å²) in [6.45, 7) is 3.70. The third-order valence-corrected chi connectivity index (χ3v) is 4.38. The van der Waals surface area contributed by atoms with E-state index < -0.39 is 0 Å². The fourth-order valence-corrected chi connectivity index (χ4v) is 3.16. The smallest absolute Gasteiger partial charge is 0.307 e. The van der Waals surface area contributed by atoms with E-state index in [-0.39, 0.29) is 16.9 Å². The number of β-amino-alcohol motifs (C(OH)–C–C–N with tert-alkyl or cyclic N) is 1. The zero-order chi connectivity index (χ0) is 13.8. The first-order valence-electron chi connectivity index (χ1n) is 6.68. The van der Waals surface area contributed by atoms with Crippen molar-refractivity contribution in [3.05, 3.63) is 20.7 Å². The van der Waals surface area contributed by atoms with Gasteiger partial charge in [-0.3, -0.25) is 9.59 Å². The van der Waals surface area contributed by atoms with Gasteiger partial charge in [-0.25, -0.2) is 0 Å². The Kier molecular flexibility index (Phi) is 4.76. The molecule has 1 aliphatic rings. The molecule has 6 heteroatoms. The van der Waals surface area contributed by atoms with E-state index in [1.807, 2.05) is 12.3 Å². The summed E-state index contributed by atoms with van der Waals surface area (Å²) in [5.41, 5.74) is 0.954. The molecule has 1 aromatic rings. The molecular weight excluding hydrogens is 264 g/mol. The number of likely N-dealkylation sites (tertiary alicyclic amines) is 1. The summed E-state index contributed by atoms with van der Waals surface area (Å²) in [7, 11) is 0. The van der Waals surface area contributed by atoms with Gasteiger partial charge in [0.1, 0.15) is 0 Å². The van der Waals surface area contributed by atoms with Gasteiger partial charge in [-0.15, -0.1) is 0 Å². The topological polar surface area (TPSA) is 62.5 Å². The number of aliphatic hydroxyl groups excluding tert-OH is 1. The maximum atomic E-state index is 12.0. The number of amides is 1. The quantitative estimate of drug-likeness (QED) is 0.896. The first-order chi connectivity index (χ1) is 9.08. The first kappa shape index (κ1) is 14.3. The molecule has 1 saturated heterocycles. The van der Waals surface area contributed by atoms with Crippen molar-refractivity contribution < 1.29 is 9.90 Å². The molecule has 0 aromatic carbocycles. The van der Waals surface area contributed by atoms with Crippen LogP contribution >= 0.6 is 11.3 Å². The third-order valence-electron chi connectivity index (χ3n) is 3.50. The number of carbonyl (C=O) groups is 1. The Morgan fingerprint density at radius 3 is 3.00 bits per heavy atom. The van der Waals surface area contributed by atoms with Gasteiger partial charge in [0.25, 0.3) is 0 Å². The van der Waals surface area contributed by atoms with Crippen LogP contribution in [0.1, 0.15) is 31.4 Å². The number of aromatic nitrogens is 1. The number of piperidine rings is 1. The standard InChI is InChI=1S/C13H20N2O3S/c1-10-9-19-13(18)15(10)7-3-5-12(17)14-6-2-4-11(16)8-14/h9,11,16H,2-8H2,1H3. The van der Waals surface area contributed by atoms with Gasteiger partial charge in [-0.2, -0.15) is 0 Å². The molecule has 1 amide bonds. The highest BCUT2D eigenvalue weighted by Crippen LogP contribution is 2.12. The summed E-state index contributed by atoms with van der Waals surface area (Å²) in [4.78, 5) is 25.3. The highest BCUT2D eigenvalue weighted by Gasteiger charge is 2.21. The third kappa shape index (κ3) is 3.67. The number of hydrogen-bond donors (Lipinski definition) is 1. The van der Waals surface area contributed by atoms with Crippen molar-refractivity contribution >= 4 is 17.2 Å². The van der Waals surface area contributed by atoms with Crippen LogP contribution < -0.4 is 4.87 Å². The van der Waals surface area contributed by atoms with Gasteiger partial charge >= 0.3 is 4.87 Å². The van der Waals surface area contributed by atoms with E-state index in [2.05, 4.69) is 0 Å². The Hall–Kier alpha value is -1.14. The molecule has 0 saturated carbocycles. The molecule has 1 aromatic heterocycles. The fraction of sp³-hybridized carbons (Fsp3) is 0.692. The second kappa shape index (κ2) is 6.34. The summed E-state index contributed by atoms with van der Waals surface area (Å²) >= 11 is 1.20. The Morgan fingerprint density at radius 1 is 1.58 bits per heavy atom. The van der Waals surface area contributed by atoms with Gasteiger partial charge in [0.05, 0.1) is 6.10 Å². The van der Waals surface area contributed by atoms with Gasteiger partial charge in [0, 0.05) is 37.1 Å². The molecule has 0 bridgehead atoms. The lowest BCUT2D eigenvalue weighted by Gasteiger charge is -2.30. The summed E-state index contributed by atoms with van der Waals surface area (Å²) < 4.78 is 1.71. The monoisotopic (exact) mass is 284 g/mol. The summed E-state index contributed by atoms with van der Waals surface area (Å²) in [5, 5.41) is 11.4. The molecule has 1 N–H and O–H groups in total. The maximum absolute atomic E-state index is 12.0. The Balaban J connectivity index is 1.79. The van der Waals surface area contributed by atoms with Crippen molar-refractivity contribution in [3.63, 3.8) is 0 Å². The van der Waals surface area contributed by atoms with E-state index >= 15 is 0 Å². The van der Waals surface area contributed by atoms with Crippen LogP contribution in [-0.4, -0.2) is 39.7 Å². The number of aliphatic hydroxyl groups is 1. The number of carbonyl (C=O) groups excluding carboxylic acids is 1. The van der Waals surface area contributed by atoms with Crippen molar-refractivity contribution in [1.29, 1.82) is 0 Å². The van der Waals surface area contributed by atoms with Crippen LogP contribution in [0.25, 0.3) is 0 Å². The Morgan fingerprint density at radius 2 is 2.37 bits per heavy atom. The molecular formula is C13H20N2O3S. The van der Waals surface area contributed by atoms with E-state index in [9.17, 15) is 14.7 Å². The normalized spacial score (nSPS) is 19.7. The van der Waals surface area contributed by atoms with Gasteiger partial charge in [-0.05, 0) is 26.2 Å². The number of rotatable bonds is 4. The van der Waals surface area contributed by atoms with Crippen LogP contribution in [0, 0.1) is 6.92 Å². The van der Waals surface area contributed by atoms with E-state index in [1.165, 1.54) is 11.3 Å². The van der Waals surface area contributed by atoms with Crippen LogP contribution in [0.2, 0.25) is 0 Å². The predicted octanol–water partition coefficient (Wildman–Crippen LogP) is 0.982. The molecule has 1 unspecified atom stereocenters. The average Bonchev–Trinajstić information content (AvgIpc) is 2.70. The van der Waals surface area contributed by atoms with Crippen molar-refractivity contribution in [3.8, 4) is 0 Å². The average molecular weight is 284 g/mol. The van der Waals surface area contributed by atoms with Gasteiger partial charge in [0.2, 0.25) is 5.91 Å². The number of thiazole rings is 1. The lowest BCUT2D eigenvalue weighted by molar-refractivity contribution is -0.134. The summed E-state index contributed by atoms with van der Waals surface area (Å²) in [6.07, 6.45) is 2.39. The largest absolute Gasteiger partial charge is 0.391 e. The fourth-order valence-electron chi connectivity index (χ4n) is 2.40. The summed E-state index contributed by atoms with van der Waals surface area (Å²) in [5.74, 6) is 0.0830. The molecule has 0 radical (unpaired) electrons. The molecule has 19 heavy (non-hydrogen) atoms. The molecule has 1 aliphatic heterocycles.